The van der Waals surface area contributed by atoms with Crippen LogP contribution < -0.4 is 4.90 Å². The van der Waals surface area contributed by atoms with Crippen LogP contribution in [0.1, 0.15) is 68.6 Å². The lowest BCUT2D eigenvalue weighted by molar-refractivity contribution is 0.445. The number of fused-ring (bicyclic) bond motifs is 9. The van der Waals surface area contributed by atoms with Gasteiger partial charge in [-0.05, 0) is 115 Å². The van der Waals surface area contributed by atoms with Gasteiger partial charge in [-0.15, -0.1) is 0 Å². The monoisotopic (exact) mass is 643 g/mol. The Morgan fingerprint density at radius 3 is 1.54 bits per heavy atom. The molecule has 0 atom stereocenters. The zero-order chi connectivity index (χ0) is 33.4. The van der Waals surface area contributed by atoms with Crippen molar-refractivity contribution in [3.8, 4) is 11.1 Å². The molecule has 8 aromatic carbocycles. The molecule has 1 saturated carbocycles. The van der Waals surface area contributed by atoms with E-state index < -0.39 is 0 Å². The Balaban J connectivity index is 1.27. The van der Waals surface area contributed by atoms with Gasteiger partial charge in [0, 0.05) is 22.2 Å². The van der Waals surface area contributed by atoms with Gasteiger partial charge in [0.25, 0.3) is 0 Å². The zero-order valence-electron chi connectivity index (χ0n) is 28.9. The standard InChI is InChI=1S/C49H41N/c1-49(2)44-30-43(34-16-4-3-5-17-34)39-20-10-12-22-41(39)47(44)48-42-23-13-11-21-40(42)46(31-45(48)49)50(37-26-24-32-14-6-8-18-35(32)28-37)38-27-25-33-15-7-9-19-36(33)29-38/h6-15,18-31,34H,3-5,16-17H2,1-2H3. The fourth-order valence-corrected chi connectivity index (χ4v) is 9.42. The van der Waals surface area contributed by atoms with Crippen molar-refractivity contribution in [2.24, 2.45) is 0 Å². The first-order valence-corrected chi connectivity index (χ1v) is 18.5. The first-order valence-electron chi connectivity index (χ1n) is 18.5. The molecule has 0 N–H and O–H groups in total. The summed E-state index contributed by atoms with van der Waals surface area (Å²) in [5.74, 6) is 0.641. The van der Waals surface area contributed by atoms with Crippen LogP contribution in [0.4, 0.5) is 17.1 Å². The highest BCUT2D eigenvalue weighted by Crippen LogP contribution is 2.57. The van der Waals surface area contributed by atoms with Crippen molar-refractivity contribution >= 4 is 60.2 Å². The first-order chi connectivity index (χ1) is 24.6. The third kappa shape index (κ3) is 4.46. The first kappa shape index (κ1) is 29.5. The number of nitrogens with zero attached hydrogens (tertiary/aromatic N) is 1. The van der Waals surface area contributed by atoms with E-state index in [1.54, 1.807) is 5.56 Å². The quantitative estimate of drug-likeness (QED) is 0.184. The summed E-state index contributed by atoms with van der Waals surface area (Å²) in [7, 11) is 0. The fourth-order valence-electron chi connectivity index (χ4n) is 9.42. The maximum absolute atomic E-state index is 2.63. The van der Waals surface area contributed by atoms with E-state index in [0.29, 0.717) is 5.92 Å². The highest BCUT2D eigenvalue weighted by molar-refractivity contribution is 6.15. The minimum Gasteiger partial charge on any atom is -0.310 e. The summed E-state index contributed by atoms with van der Waals surface area (Å²) in [4.78, 5) is 2.51. The van der Waals surface area contributed by atoms with Gasteiger partial charge in [-0.25, -0.2) is 0 Å². The van der Waals surface area contributed by atoms with Gasteiger partial charge in [-0.1, -0.05) is 148 Å². The molecule has 1 heteroatoms. The number of hydrogen-bond donors (Lipinski definition) is 0. The number of benzene rings is 8. The third-order valence-electron chi connectivity index (χ3n) is 12.0. The Morgan fingerprint density at radius 2 is 0.940 bits per heavy atom. The van der Waals surface area contributed by atoms with Gasteiger partial charge >= 0.3 is 0 Å². The largest absolute Gasteiger partial charge is 0.310 e. The predicted octanol–water partition coefficient (Wildman–Crippen LogP) is 14.1. The van der Waals surface area contributed by atoms with Crippen LogP contribution in [0.3, 0.4) is 0 Å². The van der Waals surface area contributed by atoms with E-state index in [0.717, 1.165) is 0 Å². The molecule has 0 radical (unpaired) electrons. The van der Waals surface area contributed by atoms with Crippen LogP contribution in [-0.4, -0.2) is 0 Å². The summed E-state index contributed by atoms with van der Waals surface area (Å²) in [5.41, 5.74) is 10.7. The van der Waals surface area contributed by atoms with Crippen LogP contribution in [0.5, 0.6) is 0 Å². The van der Waals surface area contributed by atoms with Gasteiger partial charge in [0.15, 0.2) is 0 Å². The minimum atomic E-state index is -0.157. The molecule has 0 heterocycles. The highest BCUT2D eigenvalue weighted by Gasteiger charge is 2.40. The molecule has 0 unspecified atom stereocenters. The Kier molecular flexibility index (Phi) is 6.68. The van der Waals surface area contributed by atoms with E-state index >= 15 is 0 Å². The summed E-state index contributed by atoms with van der Waals surface area (Å²) in [6.07, 6.45) is 6.65. The normalized spacial score (nSPS) is 15.5. The molecule has 0 spiro atoms. The number of anilines is 3. The van der Waals surface area contributed by atoms with Crippen molar-refractivity contribution < 1.29 is 0 Å². The van der Waals surface area contributed by atoms with E-state index in [1.165, 1.54) is 115 Å². The molecule has 0 saturated heterocycles. The average molecular weight is 644 g/mol. The highest BCUT2D eigenvalue weighted by atomic mass is 15.1. The van der Waals surface area contributed by atoms with Crippen molar-refractivity contribution in [3.63, 3.8) is 0 Å². The topological polar surface area (TPSA) is 3.24 Å². The summed E-state index contributed by atoms with van der Waals surface area (Å²) < 4.78 is 0. The number of rotatable bonds is 4. The molecule has 242 valence electrons. The fraction of sp³-hybridized carbons (Fsp3) is 0.184. The van der Waals surface area contributed by atoms with Gasteiger partial charge in [-0.2, -0.15) is 0 Å². The minimum absolute atomic E-state index is 0.157. The van der Waals surface area contributed by atoms with Crippen LogP contribution in [0.15, 0.2) is 146 Å². The van der Waals surface area contributed by atoms with Crippen molar-refractivity contribution in [2.45, 2.75) is 57.3 Å². The molecule has 0 aromatic heterocycles. The van der Waals surface area contributed by atoms with E-state index in [2.05, 4.69) is 164 Å². The Bertz CT molecular complexity index is 2540. The molecule has 10 rings (SSSR count). The molecule has 50 heavy (non-hydrogen) atoms. The van der Waals surface area contributed by atoms with Crippen molar-refractivity contribution in [1.82, 2.24) is 0 Å². The van der Waals surface area contributed by atoms with Crippen LogP contribution in [0, 0.1) is 0 Å². The second-order valence-corrected chi connectivity index (χ2v) is 15.2. The Labute approximate surface area is 294 Å². The molecule has 2 aliphatic carbocycles. The third-order valence-corrected chi connectivity index (χ3v) is 12.0. The lowest BCUT2D eigenvalue weighted by Gasteiger charge is -2.30. The molecule has 8 aromatic rings. The smallest absolute Gasteiger partial charge is 0.0543 e. The van der Waals surface area contributed by atoms with Crippen LogP contribution in [0.25, 0.3) is 54.2 Å². The summed E-state index contributed by atoms with van der Waals surface area (Å²) in [6.45, 7) is 4.93. The Morgan fingerprint density at radius 1 is 0.460 bits per heavy atom. The van der Waals surface area contributed by atoms with Gasteiger partial charge in [0.2, 0.25) is 0 Å². The summed E-state index contributed by atoms with van der Waals surface area (Å²) in [5, 5.41) is 10.5. The summed E-state index contributed by atoms with van der Waals surface area (Å²) >= 11 is 0. The molecule has 0 aliphatic heterocycles. The van der Waals surface area contributed by atoms with E-state index in [-0.39, 0.29) is 5.41 Å². The van der Waals surface area contributed by atoms with Crippen molar-refractivity contribution in [1.29, 1.82) is 0 Å². The maximum atomic E-state index is 2.63. The maximum Gasteiger partial charge on any atom is 0.0543 e. The SMILES string of the molecule is CC1(C)c2cc(C3CCCCC3)c3ccccc3c2-c2c1cc(N(c1ccc3ccccc3c1)c1ccc3ccccc3c1)c1ccccc21. The molecule has 0 bridgehead atoms. The van der Waals surface area contributed by atoms with E-state index in [4.69, 9.17) is 0 Å². The van der Waals surface area contributed by atoms with Gasteiger partial charge in [0.05, 0.1) is 5.69 Å². The van der Waals surface area contributed by atoms with E-state index in [1.807, 2.05) is 0 Å². The second-order valence-electron chi connectivity index (χ2n) is 15.2. The van der Waals surface area contributed by atoms with Crippen molar-refractivity contribution in [2.75, 3.05) is 4.90 Å². The van der Waals surface area contributed by atoms with Gasteiger partial charge < -0.3 is 4.90 Å². The number of hydrogen-bond acceptors (Lipinski definition) is 1. The molecule has 0 amide bonds. The molecule has 2 aliphatic rings. The molecule has 1 fully saturated rings. The zero-order valence-corrected chi connectivity index (χ0v) is 28.9. The predicted molar refractivity (Wildman–Crippen MR) is 215 cm³/mol. The molecular weight excluding hydrogens is 603 g/mol. The lowest BCUT2D eigenvalue weighted by Crippen LogP contribution is -2.18. The van der Waals surface area contributed by atoms with Crippen LogP contribution in [0.2, 0.25) is 0 Å². The van der Waals surface area contributed by atoms with Crippen molar-refractivity contribution in [3.05, 3.63) is 162 Å². The van der Waals surface area contributed by atoms with Gasteiger partial charge in [-0.3, -0.25) is 0 Å². The van der Waals surface area contributed by atoms with Gasteiger partial charge in [0.1, 0.15) is 0 Å². The molecular formula is C49H41N. The van der Waals surface area contributed by atoms with Crippen LogP contribution >= 0.6 is 0 Å². The second kappa shape index (κ2) is 11.3. The van der Waals surface area contributed by atoms with E-state index in [9.17, 15) is 0 Å². The Hall–Kier alpha value is -5.40. The average Bonchev–Trinajstić information content (AvgIpc) is 3.40. The molecule has 1 nitrogen and oxygen atoms in total. The summed E-state index contributed by atoms with van der Waals surface area (Å²) in [6, 6.07) is 54.8. The van der Waals surface area contributed by atoms with Crippen LogP contribution in [-0.2, 0) is 5.41 Å². The lowest BCUT2D eigenvalue weighted by atomic mass is 9.77.